The van der Waals surface area contributed by atoms with Gasteiger partial charge in [0.2, 0.25) is 11.9 Å². The molecule has 0 bridgehead atoms. The maximum Gasteiger partial charge on any atom is 0.417 e. The van der Waals surface area contributed by atoms with Gasteiger partial charge in [-0.05, 0) is 35.9 Å². The van der Waals surface area contributed by atoms with Gasteiger partial charge in [0.15, 0.2) is 11.5 Å². The van der Waals surface area contributed by atoms with Crippen LogP contribution in [0, 0.1) is 0 Å². The van der Waals surface area contributed by atoms with Crippen LogP contribution >= 0.6 is 11.6 Å². The first-order chi connectivity index (χ1) is 17.6. The summed E-state index contributed by atoms with van der Waals surface area (Å²) in [6.45, 7) is 0. The number of amides is 1. The number of carbonyl (C=O) groups is 2. The van der Waals surface area contributed by atoms with Gasteiger partial charge in [0.1, 0.15) is 0 Å². The Hall–Kier alpha value is -3.92. The molecule has 1 atom stereocenters. The molecule has 0 fully saturated rings. The second kappa shape index (κ2) is 11.9. The van der Waals surface area contributed by atoms with E-state index in [1.54, 1.807) is 42.5 Å². The summed E-state index contributed by atoms with van der Waals surface area (Å²) >= 11 is 5.66. The number of carbonyl (C=O) groups excluding carboxylic acids is 2. The van der Waals surface area contributed by atoms with Crippen molar-refractivity contribution >= 4 is 29.2 Å². The summed E-state index contributed by atoms with van der Waals surface area (Å²) in [7, 11) is 4.29. The maximum absolute atomic E-state index is 13.2. The zero-order valence-electron chi connectivity index (χ0n) is 20.0. The Morgan fingerprint density at radius 2 is 1.54 bits per heavy atom. The number of benzene rings is 3. The number of methoxy groups -OCH3 is 3. The molecule has 0 spiro atoms. The van der Waals surface area contributed by atoms with E-state index >= 15 is 0 Å². The summed E-state index contributed by atoms with van der Waals surface area (Å²) in [4.78, 5) is 25.9. The highest BCUT2D eigenvalue weighted by Gasteiger charge is 2.34. The van der Waals surface area contributed by atoms with Crippen LogP contribution in [0.25, 0.3) is 0 Å². The van der Waals surface area contributed by atoms with Crippen LogP contribution in [0.4, 0.5) is 18.9 Å². The van der Waals surface area contributed by atoms with Crippen LogP contribution < -0.4 is 19.5 Å². The van der Waals surface area contributed by atoms with Crippen molar-refractivity contribution in [3.05, 3.63) is 82.4 Å². The molecule has 0 aromatic heterocycles. The van der Waals surface area contributed by atoms with Crippen molar-refractivity contribution in [2.24, 2.45) is 0 Å². The van der Waals surface area contributed by atoms with Crippen LogP contribution in [0.1, 0.15) is 22.8 Å². The molecule has 37 heavy (non-hydrogen) atoms. The third kappa shape index (κ3) is 6.85. The fraction of sp³-hybridized carbons (Fsp3) is 0.231. The van der Waals surface area contributed by atoms with Crippen LogP contribution in [-0.4, -0.2) is 33.2 Å². The third-order valence-electron chi connectivity index (χ3n) is 5.20. The quantitative estimate of drug-likeness (QED) is 0.345. The molecule has 0 aliphatic carbocycles. The number of hydrogen-bond donors (Lipinski definition) is 1. The van der Waals surface area contributed by atoms with Crippen LogP contribution in [0.15, 0.2) is 60.7 Å². The second-order valence-electron chi connectivity index (χ2n) is 7.67. The SMILES string of the molecule is COc1cc(CC(=O)OC(C(=O)Nc2ccc(Cl)c(C(F)(F)F)c2)c2ccccc2)cc(OC)c1OC. The molecule has 3 aromatic rings. The smallest absolute Gasteiger partial charge is 0.417 e. The first-order valence-electron chi connectivity index (χ1n) is 10.8. The Bertz CT molecular complexity index is 1240. The molecule has 196 valence electrons. The molecule has 7 nitrogen and oxygen atoms in total. The van der Waals surface area contributed by atoms with Crippen molar-refractivity contribution in [2.75, 3.05) is 26.6 Å². The van der Waals surface area contributed by atoms with Gasteiger partial charge in [-0.2, -0.15) is 13.2 Å². The first kappa shape index (κ1) is 27.7. The minimum absolute atomic E-state index is 0.164. The van der Waals surface area contributed by atoms with Crippen molar-refractivity contribution in [3.63, 3.8) is 0 Å². The molecule has 1 N–H and O–H groups in total. The summed E-state index contributed by atoms with van der Waals surface area (Å²) in [5, 5.41) is 1.86. The van der Waals surface area contributed by atoms with E-state index < -0.39 is 34.7 Å². The topological polar surface area (TPSA) is 83.1 Å². The predicted molar refractivity (Wildman–Crippen MR) is 130 cm³/mol. The van der Waals surface area contributed by atoms with Crippen molar-refractivity contribution in [2.45, 2.75) is 18.7 Å². The van der Waals surface area contributed by atoms with E-state index in [0.29, 0.717) is 34.4 Å². The van der Waals surface area contributed by atoms with Gasteiger partial charge in [-0.25, -0.2) is 0 Å². The molecule has 0 aliphatic rings. The summed E-state index contributed by atoms with van der Waals surface area (Å²) in [5.74, 6) is -0.634. The summed E-state index contributed by atoms with van der Waals surface area (Å²) in [6.07, 6.45) is -6.42. The van der Waals surface area contributed by atoms with Crippen molar-refractivity contribution in [1.29, 1.82) is 0 Å². The standard InChI is InChI=1S/C26H23ClF3NO6/c1-34-20-11-15(12-21(35-2)24(20)36-3)13-22(32)37-23(16-7-5-4-6-8-16)25(33)31-17-9-10-19(27)18(14-17)26(28,29)30/h4-12,14,23H,13H2,1-3H3,(H,31,33). The molecule has 3 aromatic carbocycles. The number of nitrogens with one attached hydrogen (secondary N) is 1. The summed E-state index contributed by atoms with van der Waals surface area (Å²) < 4.78 is 61.0. The van der Waals surface area contributed by atoms with Gasteiger partial charge in [0, 0.05) is 11.3 Å². The molecule has 3 rings (SSSR count). The summed E-state index contributed by atoms with van der Waals surface area (Å²) in [5.41, 5.74) is -0.492. The van der Waals surface area contributed by atoms with Gasteiger partial charge < -0.3 is 24.3 Å². The van der Waals surface area contributed by atoms with E-state index in [2.05, 4.69) is 5.32 Å². The minimum atomic E-state index is -4.72. The number of alkyl halides is 3. The first-order valence-corrected chi connectivity index (χ1v) is 11.2. The lowest BCUT2D eigenvalue weighted by molar-refractivity contribution is -0.154. The molecule has 0 saturated carbocycles. The highest BCUT2D eigenvalue weighted by Crippen LogP contribution is 2.39. The Morgan fingerprint density at radius 3 is 2.08 bits per heavy atom. The van der Waals surface area contributed by atoms with Gasteiger partial charge in [0.25, 0.3) is 5.91 Å². The number of hydrogen-bond acceptors (Lipinski definition) is 6. The normalized spacial score (nSPS) is 11.9. The van der Waals surface area contributed by atoms with E-state index in [4.69, 9.17) is 30.5 Å². The molecule has 1 amide bonds. The molecule has 1 unspecified atom stereocenters. The van der Waals surface area contributed by atoms with E-state index in [0.717, 1.165) is 6.07 Å². The highest BCUT2D eigenvalue weighted by atomic mass is 35.5. The fourth-order valence-corrected chi connectivity index (χ4v) is 3.73. The lowest BCUT2D eigenvalue weighted by Crippen LogP contribution is -2.26. The molecular weight excluding hydrogens is 515 g/mol. The zero-order chi connectivity index (χ0) is 27.2. The van der Waals surface area contributed by atoms with Gasteiger partial charge in [-0.1, -0.05) is 41.9 Å². The lowest BCUT2D eigenvalue weighted by atomic mass is 10.1. The third-order valence-corrected chi connectivity index (χ3v) is 5.53. The van der Waals surface area contributed by atoms with Crippen LogP contribution in [0.3, 0.4) is 0 Å². The Labute approximate surface area is 216 Å². The number of esters is 1. The molecular formula is C26H23ClF3NO6. The zero-order valence-corrected chi connectivity index (χ0v) is 20.8. The Morgan fingerprint density at radius 1 is 0.919 bits per heavy atom. The number of halogens is 4. The highest BCUT2D eigenvalue weighted by molar-refractivity contribution is 6.31. The monoisotopic (exact) mass is 537 g/mol. The van der Waals surface area contributed by atoms with Crippen molar-refractivity contribution in [3.8, 4) is 17.2 Å². The van der Waals surface area contributed by atoms with Crippen molar-refractivity contribution in [1.82, 2.24) is 0 Å². The number of ether oxygens (including phenoxy) is 4. The van der Waals surface area contributed by atoms with E-state index in [9.17, 15) is 22.8 Å². The predicted octanol–water partition coefficient (Wildman–Crippen LogP) is 5.85. The van der Waals surface area contributed by atoms with Crippen molar-refractivity contribution < 1.29 is 41.7 Å². The van der Waals surface area contributed by atoms with Crippen LogP contribution in [-0.2, 0) is 26.9 Å². The van der Waals surface area contributed by atoms with E-state index in [1.807, 2.05) is 0 Å². The molecule has 11 heteroatoms. The summed E-state index contributed by atoms with van der Waals surface area (Å²) in [6, 6.07) is 14.1. The Kier molecular flexibility index (Phi) is 8.88. The number of rotatable bonds is 9. The average molecular weight is 538 g/mol. The van der Waals surface area contributed by atoms with Gasteiger partial charge in [-0.3, -0.25) is 9.59 Å². The molecule has 0 heterocycles. The molecule has 0 radical (unpaired) electrons. The largest absolute Gasteiger partial charge is 0.493 e. The van der Waals surface area contributed by atoms with E-state index in [-0.39, 0.29) is 12.1 Å². The second-order valence-corrected chi connectivity index (χ2v) is 8.08. The fourth-order valence-electron chi connectivity index (χ4n) is 3.51. The van der Waals surface area contributed by atoms with E-state index in [1.165, 1.54) is 27.4 Å². The number of anilines is 1. The maximum atomic E-state index is 13.2. The lowest BCUT2D eigenvalue weighted by Gasteiger charge is -2.19. The van der Waals surface area contributed by atoms with Gasteiger partial charge >= 0.3 is 12.1 Å². The van der Waals surface area contributed by atoms with Gasteiger partial charge in [0.05, 0.1) is 38.3 Å². The average Bonchev–Trinajstić information content (AvgIpc) is 2.87. The molecule has 0 aliphatic heterocycles. The Balaban J connectivity index is 1.85. The van der Waals surface area contributed by atoms with Crippen LogP contribution in [0.5, 0.6) is 17.2 Å². The molecule has 0 saturated heterocycles. The minimum Gasteiger partial charge on any atom is -0.493 e. The van der Waals surface area contributed by atoms with Crippen LogP contribution in [0.2, 0.25) is 5.02 Å². The van der Waals surface area contributed by atoms with Gasteiger partial charge in [-0.15, -0.1) is 0 Å².